The Hall–Kier alpha value is -3.23. The number of hydrogen-bond donors (Lipinski definition) is 1. The van der Waals surface area contributed by atoms with Crippen molar-refractivity contribution in [2.45, 2.75) is 52.4 Å². The first-order valence-electron chi connectivity index (χ1n) is 12.2. The quantitative estimate of drug-likeness (QED) is 0.481. The molecule has 0 saturated carbocycles. The predicted molar refractivity (Wildman–Crippen MR) is 142 cm³/mol. The van der Waals surface area contributed by atoms with E-state index in [1.807, 2.05) is 58.0 Å². The number of carbonyl (C=O) groups excluding carboxylic acids is 1. The van der Waals surface area contributed by atoms with Gasteiger partial charge in [0.2, 0.25) is 15.9 Å². The summed E-state index contributed by atoms with van der Waals surface area (Å²) in [5.74, 6) is -0.108. The number of aryl methyl sites for hydroxylation is 5. The van der Waals surface area contributed by atoms with Gasteiger partial charge in [-0.15, -0.1) is 0 Å². The van der Waals surface area contributed by atoms with Crippen LogP contribution < -0.4 is 5.32 Å². The number of rotatable bonds is 6. The minimum atomic E-state index is -3.83. The van der Waals surface area contributed by atoms with Crippen molar-refractivity contribution in [2.75, 3.05) is 18.4 Å². The van der Waals surface area contributed by atoms with E-state index in [9.17, 15) is 13.2 Å². The van der Waals surface area contributed by atoms with Crippen molar-refractivity contribution in [3.05, 3.63) is 75.7 Å². The second-order valence-corrected chi connectivity index (χ2v) is 11.5. The number of piperidine rings is 1. The lowest BCUT2D eigenvalue weighted by molar-refractivity contribution is -0.120. The Morgan fingerprint density at radius 3 is 2.19 bits per heavy atom. The molecule has 1 N–H and O–H groups in total. The highest BCUT2D eigenvalue weighted by molar-refractivity contribution is 7.89. The number of aromatic nitrogens is 1. The van der Waals surface area contributed by atoms with Gasteiger partial charge in [-0.1, -0.05) is 46.6 Å². The molecular weight excluding hydrogens is 474 g/mol. The first-order valence-corrected chi connectivity index (χ1v) is 13.6. The number of benzene rings is 2. The Morgan fingerprint density at radius 2 is 1.58 bits per heavy atom. The van der Waals surface area contributed by atoms with Gasteiger partial charge in [0.25, 0.3) is 0 Å². The van der Waals surface area contributed by atoms with Crippen molar-refractivity contribution in [1.82, 2.24) is 9.46 Å². The Bertz CT molecular complexity index is 1370. The van der Waals surface area contributed by atoms with Crippen LogP contribution in [0.3, 0.4) is 0 Å². The molecule has 1 fully saturated rings. The van der Waals surface area contributed by atoms with Gasteiger partial charge in [-0.2, -0.15) is 4.31 Å². The molecule has 0 bridgehead atoms. The monoisotopic (exact) mass is 507 g/mol. The van der Waals surface area contributed by atoms with Gasteiger partial charge in [-0.3, -0.25) is 4.79 Å². The molecule has 7 nitrogen and oxygen atoms in total. The van der Waals surface area contributed by atoms with Crippen LogP contribution in [-0.4, -0.2) is 36.9 Å². The number of anilines is 1. The van der Waals surface area contributed by atoms with E-state index >= 15 is 0 Å². The molecule has 1 aliphatic heterocycles. The zero-order valence-electron chi connectivity index (χ0n) is 21.5. The standard InChI is InChI=1S/C28H33N3O4S/c1-18-6-8-24(9-7-18)29-28(32)23-12-14-31(15-13-23)36(33,34)27-22(5)30-35-26(27)11-10-25-20(3)16-19(2)17-21(25)4/h6-11,16-17,23H,12-15H2,1-5H3,(H,29,32)/b11-10+. The topological polar surface area (TPSA) is 92.5 Å². The first kappa shape index (κ1) is 25.9. The van der Waals surface area contributed by atoms with E-state index in [1.54, 1.807) is 13.0 Å². The fraction of sp³-hybridized carbons (Fsp3) is 0.357. The van der Waals surface area contributed by atoms with Crippen LogP contribution in [0.25, 0.3) is 12.2 Å². The molecule has 1 aliphatic rings. The van der Waals surface area contributed by atoms with Crippen LogP contribution in [0.15, 0.2) is 45.8 Å². The predicted octanol–water partition coefficient (Wildman–Crippen LogP) is 5.43. The molecule has 36 heavy (non-hydrogen) atoms. The second kappa shape index (κ2) is 10.4. The van der Waals surface area contributed by atoms with E-state index in [1.165, 1.54) is 9.87 Å². The Morgan fingerprint density at radius 1 is 0.972 bits per heavy atom. The molecule has 0 aliphatic carbocycles. The van der Waals surface area contributed by atoms with Crippen LogP contribution in [0.2, 0.25) is 0 Å². The van der Waals surface area contributed by atoms with Crippen LogP contribution in [0.1, 0.15) is 52.1 Å². The second-order valence-electron chi connectivity index (χ2n) is 9.64. The van der Waals surface area contributed by atoms with Crippen molar-refractivity contribution in [2.24, 2.45) is 5.92 Å². The smallest absolute Gasteiger partial charge is 0.248 e. The van der Waals surface area contributed by atoms with Crippen LogP contribution in [0.4, 0.5) is 5.69 Å². The largest absolute Gasteiger partial charge is 0.355 e. The molecule has 1 aromatic heterocycles. The summed E-state index contributed by atoms with van der Waals surface area (Å²) in [6.45, 7) is 10.3. The molecule has 8 heteroatoms. The van der Waals surface area contributed by atoms with Gasteiger partial charge in [0.1, 0.15) is 5.69 Å². The third-order valence-corrected chi connectivity index (χ3v) is 8.77. The van der Waals surface area contributed by atoms with E-state index in [0.717, 1.165) is 27.9 Å². The van der Waals surface area contributed by atoms with Crippen LogP contribution in [0, 0.1) is 40.5 Å². The molecule has 0 radical (unpaired) electrons. The molecule has 1 amide bonds. The Balaban J connectivity index is 1.48. The maximum atomic E-state index is 13.6. The van der Waals surface area contributed by atoms with Crippen molar-refractivity contribution in [1.29, 1.82) is 0 Å². The first-order chi connectivity index (χ1) is 17.1. The highest BCUT2D eigenvalue weighted by Gasteiger charge is 2.36. The lowest BCUT2D eigenvalue weighted by Crippen LogP contribution is -2.41. The summed E-state index contributed by atoms with van der Waals surface area (Å²) in [7, 11) is -3.83. The summed E-state index contributed by atoms with van der Waals surface area (Å²) < 4.78 is 34.0. The van der Waals surface area contributed by atoms with Gasteiger partial charge in [-0.05, 0) is 82.4 Å². The van der Waals surface area contributed by atoms with Crippen LogP contribution in [0.5, 0.6) is 0 Å². The van der Waals surface area contributed by atoms with Crippen molar-refractivity contribution in [3.63, 3.8) is 0 Å². The molecule has 1 saturated heterocycles. The van der Waals surface area contributed by atoms with Gasteiger partial charge >= 0.3 is 0 Å². The average Bonchev–Trinajstić information content (AvgIpc) is 3.21. The highest BCUT2D eigenvalue weighted by Crippen LogP contribution is 2.30. The van der Waals surface area contributed by atoms with Crippen molar-refractivity contribution in [3.8, 4) is 0 Å². The molecule has 0 atom stereocenters. The van der Waals surface area contributed by atoms with Crippen LogP contribution >= 0.6 is 0 Å². The number of amides is 1. The number of carbonyl (C=O) groups is 1. The summed E-state index contributed by atoms with van der Waals surface area (Å²) in [6, 6.07) is 11.8. The van der Waals surface area contributed by atoms with Gasteiger partial charge < -0.3 is 9.84 Å². The van der Waals surface area contributed by atoms with Gasteiger partial charge in [0.15, 0.2) is 10.7 Å². The minimum Gasteiger partial charge on any atom is -0.355 e. The lowest BCUT2D eigenvalue weighted by atomic mass is 9.97. The van der Waals surface area contributed by atoms with Gasteiger partial charge in [0.05, 0.1) is 0 Å². The Kier molecular flexibility index (Phi) is 7.47. The molecule has 190 valence electrons. The fourth-order valence-electron chi connectivity index (χ4n) is 4.78. The molecule has 3 aromatic rings. The fourth-order valence-corrected chi connectivity index (χ4v) is 6.50. The van der Waals surface area contributed by atoms with E-state index < -0.39 is 10.0 Å². The number of nitrogens with one attached hydrogen (secondary N) is 1. The molecule has 2 heterocycles. The van der Waals surface area contributed by atoms with Gasteiger partial charge in [0, 0.05) is 24.7 Å². The maximum Gasteiger partial charge on any atom is 0.248 e. The third kappa shape index (κ3) is 5.44. The van der Waals surface area contributed by atoms with Crippen LogP contribution in [-0.2, 0) is 14.8 Å². The molecule has 0 spiro atoms. The zero-order chi connectivity index (χ0) is 26.0. The summed E-state index contributed by atoms with van der Waals surface area (Å²) in [5, 5.41) is 6.89. The maximum absolute atomic E-state index is 13.6. The highest BCUT2D eigenvalue weighted by atomic mass is 32.2. The Labute approximate surface area is 213 Å². The number of nitrogens with zero attached hydrogens (tertiary/aromatic N) is 2. The molecule has 0 unspecified atom stereocenters. The summed E-state index contributed by atoms with van der Waals surface area (Å²) >= 11 is 0. The summed E-state index contributed by atoms with van der Waals surface area (Å²) in [4.78, 5) is 12.8. The number of hydrogen-bond acceptors (Lipinski definition) is 5. The molecule has 2 aromatic carbocycles. The number of sulfonamides is 1. The van der Waals surface area contributed by atoms with Crippen molar-refractivity contribution >= 4 is 33.8 Å². The molecule has 4 rings (SSSR count). The van der Waals surface area contributed by atoms with E-state index in [4.69, 9.17) is 4.52 Å². The van der Waals surface area contributed by atoms with Gasteiger partial charge in [-0.25, -0.2) is 8.42 Å². The third-order valence-electron chi connectivity index (χ3n) is 6.71. The van der Waals surface area contributed by atoms with E-state index in [-0.39, 0.29) is 35.6 Å². The van der Waals surface area contributed by atoms with E-state index in [0.29, 0.717) is 18.5 Å². The minimum absolute atomic E-state index is 0.0791. The summed E-state index contributed by atoms with van der Waals surface area (Å²) in [5.41, 5.74) is 6.61. The SMILES string of the molecule is Cc1ccc(NC(=O)C2CCN(S(=O)(=O)c3c(C)noc3/C=C/c3c(C)cc(C)cc3C)CC2)cc1. The van der Waals surface area contributed by atoms with Crippen molar-refractivity contribution < 1.29 is 17.7 Å². The zero-order valence-corrected chi connectivity index (χ0v) is 22.3. The normalized spacial score (nSPS) is 15.5. The summed E-state index contributed by atoms with van der Waals surface area (Å²) in [6.07, 6.45) is 4.46. The molecular formula is C28H33N3O4S. The van der Waals surface area contributed by atoms with E-state index in [2.05, 4.69) is 22.6 Å². The lowest BCUT2D eigenvalue weighted by Gasteiger charge is -2.30. The average molecular weight is 508 g/mol.